The van der Waals surface area contributed by atoms with Gasteiger partial charge in [-0.1, -0.05) is 0 Å². The summed E-state index contributed by atoms with van der Waals surface area (Å²) in [6.07, 6.45) is 3.59. The molecule has 0 fully saturated rings. The van der Waals surface area contributed by atoms with Crippen molar-refractivity contribution in [3.63, 3.8) is 0 Å². The van der Waals surface area contributed by atoms with E-state index in [1.54, 1.807) is 17.8 Å². The number of methoxy groups -OCH3 is 1. The van der Waals surface area contributed by atoms with Crippen LogP contribution in [0, 0.1) is 4.91 Å². The molecule has 22 heavy (non-hydrogen) atoms. The second-order valence-electron chi connectivity index (χ2n) is 4.90. The van der Waals surface area contributed by atoms with Crippen LogP contribution < -0.4 is 9.47 Å². The molecular formula is C13H19Cl2NO4RuS. The third-order valence-electron chi connectivity index (χ3n) is 2.60. The summed E-state index contributed by atoms with van der Waals surface area (Å²) in [5, 5.41) is 2.56. The molecule has 0 bridgehead atoms. The fourth-order valence-corrected chi connectivity index (χ4v) is 4.48. The first-order valence-electron chi connectivity index (χ1n) is 6.17. The molecule has 0 aliphatic rings. The average Bonchev–Trinajstić information content (AvgIpc) is 2.39. The van der Waals surface area contributed by atoms with E-state index in [4.69, 9.17) is 33.1 Å². The Morgan fingerprint density at radius 3 is 2.41 bits per heavy atom. The van der Waals surface area contributed by atoms with Gasteiger partial charge in [-0.15, -0.1) is 0 Å². The van der Waals surface area contributed by atoms with Gasteiger partial charge in [-0.2, -0.15) is 0 Å². The standard InChI is InChI=1S/C13H19NO4S.2ClH.Ru/c1-9(2)17-13-10(3)7-11(8-12(13)16-4)19(5,6)18-14-15;;;/h3,7-9H,1-2,4-6H3;2*1H;/q;;;+2/p-2. The molecule has 0 aliphatic carbocycles. The number of nitrogens with zero attached hydrogens (tertiary/aromatic N) is 1. The maximum atomic E-state index is 10.5. The number of benzene rings is 1. The molecule has 1 aromatic carbocycles. The molecule has 1 rings (SSSR count). The summed E-state index contributed by atoms with van der Waals surface area (Å²) in [7, 11) is 11.7. The van der Waals surface area contributed by atoms with Crippen LogP contribution in [0.25, 0.3) is 0 Å². The van der Waals surface area contributed by atoms with Gasteiger partial charge in [0.1, 0.15) is 0 Å². The molecule has 128 valence electrons. The minimum atomic E-state index is -2.07. The molecule has 0 heterocycles. The molecule has 0 aliphatic heterocycles. The van der Waals surface area contributed by atoms with Gasteiger partial charge in [-0.25, -0.2) is 0 Å². The zero-order valence-corrected chi connectivity index (χ0v) is 17.0. The molecule has 0 aromatic heterocycles. The Kier molecular flexibility index (Phi) is 7.59. The Balaban J connectivity index is 3.53. The van der Waals surface area contributed by atoms with Crippen molar-refractivity contribution in [1.29, 1.82) is 0 Å². The van der Waals surface area contributed by atoms with Crippen LogP contribution >= 0.6 is 29.7 Å². The molecule has 1 aromatic rings. The Bertz CT molecular complexity index is 577. The molecule has 9 heteroatoms. The van der Waals surface area contributed by atoms with Crippen LogP contribution in [0.5, 0.6) is 11.5 Å². The Hall–Kier alpha value is -0.357. The van der Waals surface area contributed by atoms with Gasteiger partial charge in [-0.05, 0) is 0 Å². The minimum absolute atomic E-state index is 0.0357. The van der Waals surface area contributed by atoms with Gasteiger partial charge in [0.25, 0.3) is 0 Å². The first kappa shape index (κ1) is 19.7. The van der Waals surface area contributed by atoms with Crippen LogP contribution in [0.2, 0.25) is 0 Å². The van der Waals surface area contributed by atoms with Gasteiger partial charge < -0.3 is 0 Å². The van der Waals surface area contributed by atoms with Gasteiger partial charge in [0.05, 0.1) is 0 Å². The molecule has 5 nitrogen and oxygen atoms in total. The number of hydrogen-bond acceptors (Lipinski definition) is 5. The molecule has 0 spiro atoms. The SMILES string of the molecule is COc1cc(S(C)(C)ON=O)cc([CH]=[Ru]([Cl])[Cl])c1OC(C)C. The zero-order valence-electron chi connectivity index (χ0n) is 12.9. The van der Waals surface area contributed by atoms with E-state index in [1.165, 1.54) is 0 Å². The van der Waals surface area contributed by atoms with Crippen molar-refractivity contribution in [2.75, 3.05) is 19.6 Å². The number of rotatable bonds is 7. The Morgan fingerprint density at radius 2 is 1.95 bits per heavy atom. The van der Waals surface area contributed by atoms with E-state index in [-0.39, 0.29) is 6.10 Å². The monoisotopic (exact) mass is 457 g/mol. The van der Waals surface area contributed by atoms with E-state index in [1.807, 2.05) is 32.4 Å². The van der Waals surface area contributed by atoms with E-state index in [0.717, 1.165) is 10.5 Å². The van der Waals surface area contributed by atoms with Crippen LogP contribution in [-0.4, -0.2) is 30.3 Å². The van der Waals surface area contributed by atoms with E-state index in [9.17, 15) is 4.91 Å². The predicted octanol–water partition coefficient (Wildman–Crippen LogP) is 4.59. The van der Waals surface area contributed by atoms with Crippen molar-refractivity contribution in [1.82, 2.24) is 0 Å². The van der Waals surface area contributed by atoms with Gasteiger partial charge in [0.15, 0.2) is 0 Å². The molecular weight excluding hydrogens is 438 g/mol. The average molecular weight is 457 g/mol. The molecule has 0 amide bonds. The maximum absolute atomic E-state index is 10.5. The summed E-state index contributed by atoms with van der Waals surface area (Å²) in [4.78, 5) is 11.3. The first-order valence-corrected chi connectivity index (χ1v) is 14.0. The van der Waals surface area contributed by atoms with Crippen molar-refractivity contribution in [2.24, 2.45) is 5.34 Å². The second-order valence-corrected chi connectivity index (χ2v) is 13.7. The normalized spacial score (nSPS) is 12.6. The van der Waals surface area contributed by atoms with E-state index < -0.39 is 23.8 Å². The van der Waals surface area contributed by atoms with Gasteiger partial charge >= 0.3 is 145 Å². The van der Waals surface area contributed by atoms with Gasteiger partial charge in [0.2, 0.25) is 0 Å². The molecule has 0 unspecified atom stereocenters. The predicted molar refractivity (Wildman–Crippen MR) is 90.2 cm³/mol. The van der Waals surface area contributed by atoms with Crippen molar-refractivity contribution >= 4 is 34.3 Å². The molecule has 0 N–H and O–H groups in total. The van der Waals surface area contributed by atoms with E-state index in [0.29, 0.717) is 11.5 Å². The van der Waals surface area contributed by atoms with Crippen LogP contribution in [-0.2, 0) is 17.8 Å². The fourth-order valence-electron chi connectivity index (χ4n) is 1.67. The van der Waals surface area contributed by atoms with Crippen LogP contribution in [0.3, 0.4) is 0 Å². The van der Waals surface area contributed by atoms with Crippen LogP contribution in [0.4, 0.5) is 0 Å². The third-order valence-corrected chi connectivity index (χ3v) is 6.24. The Morgan fingerprint density at radius 1 is 1.32 bits per heavy atom. The Labute approximate surface area is 145 Å². The van der Waals surface area contributed by atoms with Crippen LogP contribution in [0.1, 0.15) is 19.4 Å². The van der Waals surface area contributed by atoms with Gasteiger partial charge in [-0.3, -0.25) is 0 Å². The second kappa shape index (κ2) is 8.48. The topological polar surface area (TPSA) is 57.1 Å². The van der Waals surface area contributed by atoms with Crippen molar-refractivity contribution in [3.05, 3.63) is 22.6 Å². The first-order chi connectivity index (χ1) is 10.2. The summed E-state index contributed by atoms with van der Waals surface area (Å²) in [6.45, 7) is 3.84. The summed E-state index contributed by atoms with van der Waals surface area (Å²) >= 11 is -2.07. The van der Waals surface area contributed by atoms with Crippen molar-refractivity contribution in [2.45, 2.75) is 24.8 Å². The molecule has 0 saturated heterocycles. The van der Waals surface area contributed by atoms with E-state index >= 15 is 0 Å². The van der Waals surface area contributed by atoms with Gasteiger partial charge in [0, 0.05) is 0 Å². The number of halogens is 2. The van der Waals surface area contributed by atoms with Crippen molar-refractivity contribution in [3.8, 4) is 11.5 Å². The summed E-state index contributed by atoms with van der Waals surface area (Å²) in [5.74, 6) is 1.12. The molecule has 0 atom stereocenters. The summed E-state index contributed by atoms with van der Waals surface area (Å²) in [5.41, 5.74) is 0.738. The van der Waals surface area contributed by atoms with Crippen molar-refractivity contribution < 1.29 is 27.3 Å². The third kappa shape index (κ3) is 5.37. The fraction of sp³-hybridized carbons (Fsp3) is 0.462. The zero-order chi connectivity index (χ0) is 16.9. The number of ether oxygens (including phenoxy) is 2. The number of hydrogen-bond donors (Lipinski definition) is 0. The van der Waals surface area contributed by atoms with Crippen LogP contribution in [0.15, 0.2) is 22.4 Å². The van der Waals surface area contributed by atoms with E-state index in [2.05, 4.69) is 5.34 Å². The summed E-state index contributed by atoms with van der Waals surface area (Å²) < 4.78 is 18.0. The molecule has 0 saturated carbocycles. The summed E-state index contributed by atoms with van der Waals surface area (Å²) in [6, 6.07) is 3.64. The quantitative estimate of drug-likeness (QED) is 0.341. The molecule has 0 radical (unpaired) electrons.